The summed E-state index contributed by atoms with van der Waals surface area (Å²) in [5.41, 5.74) is 2.28. The van der Waals surface area contributed by atoms with E-state index in [0.717, 1.165) is 47.2 Å². The van der Waals surface area contributed by atoms with Gasteiger partial charge in [0.2, 0.25) is 5.95 Å². The van der Waals surface area contributed by atoms with Gasteiger partial charge in [-0.1, -0.05) is 18.2 Å². The number of nitrogens with one attached hydrogen (secondary N) is 2. The molecule has 3 rings (SSSR count). The topological polar surface area (TPSA) is 77.5 Å². The van der Waals surface area contributed by atoms with Crippen LogP contribution < -0.4 is 24.8 Å². The van der Waals surface area contributed by atoms with Crippen molar-refractivity contribution < 1.29 is 14.2 Å². The molecule has 152 valence electrons. The highest BCUT2D eigenvalue weighted by Crippen LogP contribution is 2.27. The van der Waals surface area contributed by atoms with Crippen molar-refractivity contribution >= 4 is 11.8 Å². The number of hydrogen-bond donors (Lipinski definition) is 2. The number of ether oxygens (including phenoxy) is 3. The Morgan fingerprint density at radius 3 is 2.28 bits per heavy atom. The van der Waals surface area contributed by atoms with Crippen LogP contribution in [0.2, 0.25) is 0 Å². The quantitative estimate of drug-likeness (QED) is 0.542. The van der Waals surface area contributed by atoms with Gasteiger partial charge >= 0.3 is 0 Å². The smallest absolute Gasteiger partial charge is 0.224 e. The third kappa shape index (κ3) is 5.75. The molecule has 0 amide bonds. The molecule has 0 saturated carbocycles. The van der Waals surface area contributed by atoms with Crippen LogP contribution in [0.4, 0.5) is 11.8 Å². The predicted molar refractivity (Wildman–Crippen MR) is 114 cm³/mol. The highest BCUT2D eigenvalue weighted by molar-refractivity contribution is 5.44. The standard InChI is InChI=1S/C22H26N4O3/c1-27-18-7-4-17(5-8-18)15-25-22-24-13-11-21(26-22)23-12-10-16-6-9-19(28-2)20(14-16)29-3/h4-9,11,13-14H,10,12,15H2,1-3H3,(H2,23,24,25,26). The predicted octanol–water partition coefficient (Wildman–Crippen LogP) is 3.77. The van der Waals surface area contributed by atoms with Gasteiger partial charge in [0.15, 0.2) is 11.5 Å². The van der Waals surface area contributed by atoms with Gasteiger partial charge in [0.25, 0.3) is 0 Å². The van der Waals surface area contributed by atoms with E-state index in [-0.39, 0.29) is 0 Å². The summed E-state index contributed by atoms with van der Waals surface area (Å²) in [4.78, 5) is 8.79. The fraction of sp³-hybridized carbons (Fsp3) is 0.273. The lowest BCUT2D eigenvalue weighted by Crippen LogP contribution is -2.09. The van der Waals surface area contributed by atoms with Gasteiger partial charge in [0.1, 0.15) is 11.6 Å². The fourth-order valence-electron chi connectivity index (χ4n) is 2.84. The molecule has 2 aromatic carbocycles. The lowest BCUT2D eigenvalue weighted by Gasteiger charge is -2.11. The molecule has 0 aliphatic heterocycles. The van der Waals surface area contributed by atoms with Gasteiger partial charge in [-0.2, -0.15) is 4.98 Å². The van der Waals surface area contributed by atoms with E-state index < -0.39 is 0 Å². The highest BCUT2D eigenvalue weighted by Gasteiger charge is 2.05. The van der Waals surface area contributed by atoms with Crippen molar-refractivity contribution in [2.45, 2.75) is 13.0 Å². The van der Waals surface area contributed by atoms with E-state index in [0.29, 0.717) is 12.5 Å². The summed E-state index contributed by atoms with van der Waals surface area (Å²) in [6.07, 6.45) is 2.57. The summed E-state index contributed by atoms with van der Waals surface area (Å²) < 4.78 is 15.8. The number of aromatic nitrogens is 2. The Morgan fingerprint density at radius 1 is 0.793 bits per heavy atom. The molecule has 7 heteroatoms. The van der Waals surface area contributed by atoms with Crippen LogP contribution in [-0.2, 0) is 13.0 Å². The number of rotatable bonds is 10. The molecule has 3 aromatic rings. The monoisotopic (exact) mass is 394 g/mol. The van der Waals surface area contributed by atoms with Crippen molar-refractivity contribution in [3.8, 4) is 17.2 Å². The maximum absolute atomic E-state index is 5.35. The number of methoxy groups -OCH3 is 3. The summed E-state index contributed by atoms with van der Waals surface area (Å²) in [5.74, 6) is 3.66. The van der Waals surface area contributed by atoms with E-state index in [1.165, 1.54) is 0 Å². The van der Waals surface area contributed by atoms with Crippen LogP contribution in [0.1, 0.15) is 11.1 Å². The zero-order chi connectivity index (χ0) is 20.5. The summed E-state index contributed by atoms with van der Waals surface area (Å²) in [5, 5.41) is 6.57. The van der Waals surface area contributed by atoms with Crippen molar-refractivity contribution in [1.82, 2.24) is 9.97 Å². The van der Waals surface area contributed by atoms with Crippen LogP contribution in [0, 0.1) is 0 Å². The Hall–Kier alpha value is -3.48. The third-order valence-corrected chi connectivity index (χ3v) is 4.43. The number of hydrogen-bond acceptors (Lipinski definition) is 7. The molecule has 29 heavy (non-hydrogen) atoms. The van der Waals surface area contributed by atoms with Gasteiger partial charge in [-0.15, -0.1) is 0 Å². The lowest BCUT2D eigenvalue weighted by atomic mass is 10.1. The molecular formula is C22H26N4O3. The molecule has 0 aliphatic carbocycles. The van der Waals surface area contributed by atoms with Gasteiger partial charge in [0, 0.05) is 19.3 Å². The lowest BCUT2D eigenvalue weighted by molar-refractivity contribution is 0.354. The van der Waals surface area contributed by atoms with Crippen molar-refractivity contribution in [3.05, 3.63) is 65.9 Å². The van der Waals surface area contributed by atoms with Gasteiger partial charge < -0.3 is 24.8 Å². The second-order valence-electron chi connectivity index (χ2n) is 6.33. The number of anilines is 2. The second kappa shape index (κ2) is 10.2. The van der Waals surface area contributed by atoms with Crippen LogP contribution >= 0.6 is 0 Å². The maximum Gasteiger partial charge on any atom is 0.224 e. The first-order valence-corrected chi connectivity index (χ1v) is 9.36. The minimum Gasteiger partial charge on any atom is -0.497 e. The Kier molecular flexibility index (Phi) is 7.10. The Morgan fingerprint density at radius 2 is 1.55 bits per heavy atom. The molecule has 0 aliphatic rings. The van der Waals surface area contributed by atoms with Crippen LogP contribution in [0.3, 0.4) is 0 Å². The molecule has 0 unspecified atom stereocenters. The zero-order valence-corrected chi connectivity index (χ0v) is 16.9. The largest absolute Gasteiger partial charge is 0.497 e. The molecule has 0 saturated heterocycles. The van der Waals surface area contributed by atoms with Crippen molar-refractivity contribution in [2.75, 3.05) is 38.5 Å². The molecule has 0 fully saturated rings. The molecule has 0 atom stereocenters. The van der Waals surface area contributed by atoms with Crippen molar-refractivity contribution in [1.29, 1.82) is 0 Å². The van der Waals surface area contributed by atoms with Gasteiger partial charge in [-0.3, -0.25) is 0 Å². The van der Waals surface area contributed by atoms with E-state index in [1.807, 2.05) is 48.5 Å². The highest BCUT2D eigenvalue weighted by atomic mass is 16.5. The Labute approximate surface area is 171 Å². The van der Waals surface area contributed by atoms with Crippen LogP contribution in [0.15, 0.2) is 54.7 Å². The summed E-state index contributed by atoms with van der Waals surface area (Å²) in [6, 6.07) is 15.7. The third-order valence-electron chi connectivity index (χ3n) is 4.43. The molecule has 2 N–H and O–H groups in total. The molecule has 1 aromatic heterocycles. The maximum atomic E-state index is 5.35. The Bertz CT molecular complexity index is 916. The minimum absolute atomic E-state index is 0.580. The second-order valence-corrected chi connectivity index (χ2v) is 6.33. The van der Waals surface area contributed by atoms with E-state index in [2.05, 4.69) is 20.6 Å². The Balaban J connectivity index is 1.51. The van der Waals surface area contributed by atoms with E-state index in [4.69, 9.17) is 14.2 Å². The molecule has 0 spiro atoms. The summed E-state index contributed by atoms with van der Waals surface area (Å²) >= 11 is 0. The van der Waals surface area contributed by atoms with Gasteiger partial charge in [-0.25, -0.2) is 4.98 Å². The molecule has 0 radical (unpaired) electrons. The average Bonchev–Trinajstić information content (AvgIpc) is 2.78. The number of benzene rings is 2. The minimum atomic E-state index is 0.580. The zero-order valence-electron chi connectivity index (χ0n) is 16.9. The normalized spacial score (nSPS) is 10.3. The van der Waals surface area contributed by atoms with Gasteiger partial charge in [-0.05, 0) is 47.9 Å². The van der Waals surface area contributed by atoms with Crippen LogP contribution in [-0.4, -0.2) is 37.8 Å². The van der Waals surface area contributed by atoms with Crippen molar-refractivity contribution in [3.63, 3.8) is 0 Å². The molecular weight excluding hydrogens is 368 g/mol. The SMILES string of the molecule is COc1ccc(CNc2nccc(NCCc3ccc(OC)c(OC)c3)n2)cc1. The van der Waals surface area contributed by atoms with Crippen LogP contribution in [0.25, 0.3) is 0 Å². The average molecular weight is 394 g/mol. The van der Waals surface area contributed by atoms with Crippen molar-refractivity contribution in [2.24, 2.45) is 0 Å². The van der Waals surface area contributed by atoms with Gasteiger partial charge in [0.05, 0.1) is 21.3 Å². The first-order valence-electron chi connectivity index (χ1n) is 9.36. The molecule has 0 bridgehead atoms. The molecule has 7 nitrogen and oxygen atoms in total. The first kappa shape index (κ1) is 20.3. The first-order chi connectivity index (χ1) is 14.2. The molecule has 1 heterocycles. The van der Waals surface area contributed by atoms with E-state index in [9.17, 15) is 0 Å². The number of nitrogens with zero attached hydrogens (tertiary/aromatic N) is 2. The summed E-state index contributed by atoms with van der Waals surface area (Å²) in [6.45, 7) is 1.38. The fourth-order valence-corrected chi connectivity index (χ4v) is 2.84. The van der Waals surface area contributed by atoms with E-state index in [1.54, 1.807) is 27.5 Å². The van der Waals surface area contributed by atoms with E-state index >= 15 is 0 Å². The van der Waals surface area contributed by atoms with Crippen LogP contribution in [0.5, 0.6) is 17.2 Å². The summed E-state index contributed by atoms with van der Waals surface area (Å²) in [7, 11) is 4.93.